The fourth-order valence-electron chi connectivity index (χ4n) is 6.19. The molecule has 0 unspecified atom stereocenters. The van der Waals surface area contributed by atoms with E-state index in [1.165, 1.54) is 6.07 Å². The van der Waals surface area contributed by atoms with Crippen LogP contribution in [-0.2, 0) is 6.42 Å². The van der Waals surface area contributed by atoms with Crippen molar-refractivity contribution in [2.45, 2.75) is 95.8 Å². The summed E-state index contributed by atoms with van der Waals surface area (Å²) in [7, 11) is 0. The lowest BCUT2D eigenvalue weighted by molar-refractivity contribution is 0.284. The van der Waals surface area contributed by atoms with Crippen LogP contribution in [0.4, 0.5) is 17.6 Å². The predicted molar refractivity (Wildman–Crippen MR) is 141 cm³/mol. The monoisotopic (exact) mass is 516 g/mol. The van der Waals surface area contributed by atoms with E-state index in [0.717, 1.165) is 64.2 Å². The van der Waals surface area contributed by atoms with Crippen LogP contribution in [0.5, 0.6) is 5.75 Å². The number of aryl methyl sites for hydroxylation is 1. The Morgan fingerprint density at radius 3 is 2.03 bits per heavy atom. The lowest BCUT2D eigenvalue weighted by Gasteiger charge is -2.29. The molecular weight excluding hydrogens is 476 g/mol. The Balaban J connectivity index is 1.29. The number of benzene rings is 2. The van der Waals surface area contributed by atoms with E-state index in [2.05, 4.69) is 13.5 Å². The van der Waals surface area contributed by atoms with Crippen LogP contribution >= 0.6 is 0 Å². The zero-order chi connectivity index (χ0) is 26.4. The molecule has 1 nitrogen and oxygen atoms in total. The van der Waals surface area contributed by atoms with Gasteiger partial charge < -0.3 is 4.74 Å². The SMILES string of the molecule is C=CCCCOc1ccc(C2CCC(CCc3ccc(C4CCC(C)CC4)c(F)c3F)CC2)c(F)c1F. The molecule has 0 amide bonds. The molecule has 0 N–H and O–H groups in total. The maximum absolute atomic E-state index is 14.9. The summed E-state index contributed by atoms with van der Waals surface area (Å²) in [5.74, 6) is -1.99. The Hall–Kier alpha value is -2.30. The number of halogens is 4. The van der Waals surface area contributed by atoms with E-state index >= 15 is 0 Å². The number of hydrogen-bond donors (Lipinski definition) is 0. The highest BCUT2D eigenvalue weighted by molar-refractivity contribution is 5.33. The summed E-state index contributed by atoms with van der Waals surface area (Å²) < 4.78 is 64.6. The molecule has 0 aliphatic heterocycles. The molecule has 2 saturated carbocycles. The molecule has 202 valence electrons. The van der Waals surface area contributed by atoms with Gasteiger partial charge in [-0.1, -0.05) is 44.0 Å². The summed E-state index contributed by atoms with van der Waals surface area (Å²) in [4.78, 5) is 0. The van der Waals surface area contributed by atoms with Gasteiger partial charge in [0.1, 0.15) is 0 Å². The highest BCUT2D eigenvalue weighted by Crippen LogP contribution is 2.41. The van der Waals surface area contributed by atoms with E-state index < -0.39 is 23.3 Å². The number of allylic oxidation sites excluding steroid dienone is 1. The molecule has 2 aliphatic carbocycles. The van der Waals surface area contributed by atoms with Gasteiger partial charge in [0.25, 0.3) is 0 Å². The summed E-state index contributed by atoms with van der Waals surface area (Å²) in [5.41, 5.74) is 1.40. The van der Waals surface area contributed by atoms with E-state index in [9.17, 15) is 17.6 Å². The lowest BCUT2D eigenvalue weighted by Crippen LogP contribution is -2.16. The molecule has 5 heteroatoms. The van der Waals surface area contributed by atoms with Gasteiger partial charge in [0.15, 0.2) is 23.2 Å². The second-order valence-electron chi connectivity index (χ2n) is 11.2. The van der Waals surface area contributed by atoms with Crippen LogP contribution in [0.1, 0.15) is 106 Å². The van der Waals surface area contributed by atoms with Crippen LogP contribution in [0, 0.1) is 35.1 Å². The molecule has 0 radical (unpaired) electrons. The number of hydrogen-bond acceptors (Lipinski definition) is 1. The van der Waals surface area contributed by atoms with Crippen molar-refractivity contribution < 1.29 is 22.3 Å². The van der Waals surface area contributed by atoms with Crippen molar-refractivity contribution in [1.29, 1.82) is 0 Å². The molecule has 2 fully saturated rings. The fraction of sp³-hybridized carbons (Fsp3) is 0.562. The maximum Gasteiger partial charge on any atom is 0.200 e. The third-order valence-corrected chi connectivity index (χ3v) is 8.64. The first kappa shape index (κ1) is 27.7. The van der Waals surface area contributed by atoms with Gasteiger partial charge in [-0.05, 0) is 111 Å². The third kappa shape index (κ3) is 6.78. The van der Waals surface area contributed by atoms with Crippen molar-refractivity contribution in [3.8, 4) is 5.75 Å². The van der Waals surface area contributed by atoms with E-state index in [-0.39, 0.29) is 17.6 Å². The van der Waals surface area contributed by atoms with Crippen LogP contribution in [-0.4, -0.2) is 6.61 Å². The van der Waals surface area contributed by atoms with Crippen molar-refractivity contribution in [3.05, 3.63) is 76.9 Å². The van der Waals surface area contributed by atoms with Gasteiger partial charge in [0, 0.05) is 0 Å². The Morgan fingerprint density at radius 2 is 1.38 bits per heavy atom. The van der Waals surface area contributed by atoms with Crippen LogP contribution < -0.4 is 4.74 Å². The molecule has 0 spiro atoms. The summed E-state index contributed by atoms with van der Waals surface area (Å²) in [5, 5.41) is 0. The average molecular weight is 517 g/mol. The Kier molecular flexibility index (Phi) is 9.72. The van der Waals surface area contributed by atoms with E-state index in [1.54, 1.807) is 24.3 Å². The molecule has 2 aromatic rings. The quantitative estimate of drug-likeness (QED) is 0.173. The highest BCUT2D eigenvalue weighted by atomic mass is 19.2. The molecule has 0 heterocycles. The first-order valence-electron chi connectivity index (χ1n) is 14.1. The Morgan fingerprint density at radius 1 is 0.784 bits per heavy atom. The second-order valence-corrected chi connectivity index (χ2v) is 11.2. The van der Waals surface area contributed by atoms with Crippen LogP contribution in [0.15, 0.2) is 36.9 Å². The Labute approximate surface area is 219 Å². The smallest absolute Gasteiger partial charge is 0.200 e. The van der Waals surface area contributed by atoms with Crippen molar-refractivity contribution in [2.75, 3.05) is 6.61 Å². The van der Waals surface area contributed by atoms with Gasteiger partial charge in [0.2, 0.25) is 5.82 Å². The van der Waals surface area contributed by atoms with Crippen molar-refractivity contribution in [2.24, 2.45) is 11.8 Å². The van der Waals surface area contributed by atoms with Crippen LogP contribution in [0.25, 0.3) is 0 Å². The second kappa shape index (κ2) is 13.0. The lowest BCUT2D eigenvalue weighted by atomic mass is 9.76. The first-order chi connectivity index (χ1) is 17.9. The largest absolute Gasteiger partial charge is 0.490 e. The van der Waals surface area contributed by atoms with E-state index in [4.69, 9.17) is 4.74 Å². The van der Waals surface area contributed by atoms with Gasteiger partial charge in [0.05, 0.1) is 6.61 Å². The third-order valence-electron chi connectivity index (χ3n) is 8.64. The molecule has 2 aromatic carbocycles. The Bertz CT molecular complexity index is 1050. The number of unbranched alkanes of at least 4 members (excludes halogenated alkanes) is 1. The predicted octanol–water partition coefficient (Wildman–Crippen LogP) is 9.79. The van der Waals surface area contributed by atoms with Gasteiger partial charge >= 0.3 is 0 Å². The zero-order valence-corrected chi connectivity index (χ0v) is 22.0. The first-order valence-corrected chi connectivity index (χ1v) is 14.1. The zero-order valence-electron chi connectivity index (χ0n) is 22.0. The fourth-order valence-corrected chi connectivity index (χ4v) is 6.19. The molecule has 0 bridgehead atoms. The summed E-state index contributed by atoms with van der Waals surface area (Å²) in [6.07, 6.45) is 11.8. The van der Waals surface area contributed by atoms with Crippen LogP contribution in [0.3, 0.4) is 0 Å². The molecule has 37 heavy (non-hydrogen) atoms. The minimum atomic E-state index is -0.915. The standard InChI is InChI=1S/C32H40F4O/c1-3-4-5-20-37-28-19-18-27(31(35)32(28)36)24-13-8-22(9-14-24)10-15-25-16-17-26(30(34)29(25)33)23-11-6-21(2)7-12-23/h3,16-19,21-24H,1,4-15,20H2,2H3. The van der Waals surface area contributed by atoms with Crippen molar-refractivity contribution >= 4 is 0 Å². The highest BCUT2D eigenvalue weighted by Gasteiger charge is 2.28. The van der Waals surface area contributed by atoms with Gasteiger partial charge in [-0.25, -0.2) is 13.2 Å². The molecular formula is C32H40F4O. The molecule has 0 aromatic heterocycles. The molecule has 2 aliphatic rings. The van der Waals surface area contributed by atoms with Crippen LogP contribution in [0.2, 0.25) is 0 Å². The minimum absolute atomic E-state index is 0.0350. The van der Waals surface area contributed by atoms with Crippen molar-refractivity contribution in [1.82, 2.24) is 0 Å². The average Bonchev–Trinajstić information content (AvgIpc) is 2.91. The van der Waals surface area contributed by atoms with E-state index in [1.807, 2.05) is 0 Å². The van der Waals surface area contributed by atoms with Gasteiger partial charge in [-0.15, -0.1) is 6.58 Å². The number of rotatable bonds is 10. The molecule has 0 saturated heterocycles. The van der Waals surface area contributed by atoms with Gasteiger partial charge in [-0.3, -0.25) is 0 Å². The minimum Gasteiger partial charge on any atom is -0.490 e. The number of ether oxygens (including phenoxy) is 1. The topological polar surface area (TPSA) is 9.23 Å². The normalized spacial score (nSPS) is 24.1. The molecule has 4 rings (SSSR count). The summed E-state index contributed by atoms with van der Waals surface area (Å²) in [6.45, 7) is 6.18. The summed E-state index contributed by atoms with van der Waals surface area (Å²) in [6, 6.07) is 6.76. The van der Waals surface area contributed by atoms with E-state index in [0.29, 0.717) is 48.0 Å². The maximum atomic E-state index is 14.9. The van der Waals surface area contributed by atoms with Crippen molar-refractivity contribution in [3.63, 3.8) is 0 Å². The van der Waals surface area contributed by atoms with Gasteiger partial charge in [-0.2, -0.15) is 4.39 Å². The summed E-state index contributed by atoms with van der Waals surface area (Å²) >= 11 is 0. The molecule has 0 atom stereocenters.